The van der Waals surface area contributed by atoms with Gasteiger partial charge in [-0.1, -0.05) is 26.8 Å². The highest BCUT2D eigenvalue weighted by molar-refractivity contribution is 5.83. The van der Waals surface area contributed by atoms with Crippen molar-refractivity contribution in [3.05, 3.63) is 30.1 Å². The Morgan fingerprint density at radius 3 is 2.40 bits per heavy atom. The lowest BCUT2D eigenvalue weighted by molar-refractivity contribution is -0.141. The molecule has 6 nitrogen and oxygen atoms in total. The largest absolute Gasteiger partial charge is 0.480 e. The summed E-state index contributed by atoms with van der Waals surface area (Å²) >= 11 is 0. The highest BCUT2D eigenvalue weighted by atomic mass is 16.4. The van der Waals surface area contributed by atoms with Gasteiger partial charge in [0.1, 0.15) is 6.04 Å². The summed E-state index contributed by atoms with van der Waals surface area (Å²) in [6, 6.07) is 1.90. The molecular weight excluding hydrogens is 258 g/mol. The van der Waals surface area contributed by atoms with Crippen molar-refractivity contribution in [2.45, 2.75) is 39.8 Å². The Balaban J connectivity index is 2.65. The van der Waals surface area contributed by atoms with Gasteiger partial charge in [0.15, 0.2) is 0 Å². The van der Waals surface area contributed by atoms with E-state index in [0.29, 0.717) is 0 Å². The smallest absolute Gasteiger partial charge is 0.326 e. The van der Waals surface area contributed by atoms with Crippen LogP contribution < -0.4 is 10.6 Å². The Morgan fingerprint density at radius 1 is 1.30 bits per heavy atom. The van der Waals surface area contributed by atoms with Gasteiger partial charge in [-0.25, -0.2) is 9.59 Å². The van der Waals surface area contributed by atoms with Crippen molar-refractivity contribution in [1.29, 1.82) is 0 Å². The van der Waals surface area contributed by atoms with E-state index in [-0.39, 0.29) is 6.04 Å². The van der Waals surface area contributed by atoms with Crippen LogP contribution in [-0.4, -0.2) is 28.1 Å². The zero-order valence-corrected chi connectivity index (χ0v) is 12.2. The number of carboxylic acids is 1. The van der Waals surface area contributed by atoms with E-state index in [2.05, 4.69) is 15.6 Å². The molecule has 0 aliphatic carbocycles. The normalized spacial score (nSPS) is 14.2. The summed E-state index contributed by atoms with van der Waals surface area (Å²) in [5, 5.41) is 14.3. The highest BCUT2D eigenvalue weighted by Crippen LogP contribution is 2.19. The molecule has 0 saturated carbocycles. The number of rotatable bonds is 4. The monoisotopic (exact) mass is 279 g/mol. The van der Waals surface area contributed by atoms with E-state index in [4.69, 9.17) is 5.11 Å². The van der Waals surface area contributed by atoms with Gasteiger partial charge in [0.05, 0.1) is 6.04 Å². The first-order chi connectivity index (χ1) is 9.21. The van der Waals surface area contributed by atoms with E-state index in [0.717, 1.165) is 5.56 Å². The van der Waals surface area contributed by atoms with Gasteiger partial charge in [-0.2, -0.15) is 0 Å². The highest BCUT2D eigenvalue weighted by Gasteiger charge is 2.32. The first kappa shape index (κ1) is 15.9. The van der Waals surface area contributed by atoms with Gasteiger partial charge < -0.3 is 15.7 Å². The zero-order valence-electron chi connectivity index (χ0n) is 12.2. The van der Waals surface area contributed by atoms with Crippen molar-refractivity contribution in [1.82, 2.24) is 15.6 Å². The summed E-state index contributed by atoms with van der Waals surface area (Å²) < 4.78 is 0. The second kappa shape index (κ2) is 6.36. The van der Waals surface area contributed by atoms with Gasteiger partial charge in [-0.15, -0.1) is 0 Å². The molecular formula is C14H21N3O3. The third kappa shape index (κ3) is 4.53. The summed E-state index contributed by atoms with van der Waals surface area (Å²) in [6.07, 6.45) is 3.31. The lowest BCUT2D eigenvalue weighted by atomic mass is 9.87. The first-order valence-electron chi connectivity index (χ1n) is 6.41. The Labute approximate surface area is 118 Å². The third-order valence-electron chi connectivity index (χ3n) is 2.92. The minimum atomic E-state index is -1.05. The van der Waals surface area contributed by atoms with Crippen LogP contribution >= 0.6 is 0 Å². The molecule has 0 aromatic carbocycles. The van der Waals surface area contributed by atoms with Crippen molar-refractivity contribution in [2.75, 3.05) is 0 Å². The zero-order chi connectivity index (χ0) is 15.3. The van der Waals surface area contributed by atoms with Gasteiger partial charge in [0.2, 0.25) is 0 Å². The number of carboxylic acid groups (broad SMARTS) is 1. The van der Waals surface area contributed by atoms with Crippen LogP contribution in [-0.2, 0) is 4.79 Å². The number of aliphatic carboxylic acids is 1. The molecule has 110 valence electrons. The maximum Gasteiger partial charge on any atom is 0.326 e. The molecule has 1 aromatic heterocycles. The fraction of sp³-hybridized carbons (Fsp3) is 0.500. The van der Waals surface area contributed by atoms with Gasteiger partial charge >= 0.3 is 12.0 Å². The molecule has 1 rings (SSSR count). The molecule has 0 bridgehead atoms. The van der Waals surface area contributed by atoms with Crippen LogP contribution in [0.4, 0.5) is 4.79 Å². The van der Waals surface area contributed by atoms with Gasteiger partial charge in [-0.3, -0.25) is 4.98 Å². The Hall–Kier alpha value is -2.11. The molecule has 0 saturated heterocycles. The minimum Gasteiger partial charge on any atom is -0.480 e. The average molecular weight is 279 g/mol. The van der Waals surface area contributed by atoms with E-state index in [9.17, 15) is 9.59 Å². The molecule has 6 heteroatoms. The van der Waals surface area contributed by atoms with Gasteiger partial charge in [0, 0.05) is 12.4 Å². The quantitative estimate of drug-likeness (QED) is 0.785. The molecule has 20 heavy (non-hydrogen) atoms. The number of aromatic nitrogens is 1. The maximum absolute atomic E-state index is 11.9. The molecule has 2 atom stereocenters. The predicted octanol–water partition coefficient (Wildman–Crippen LogP) is 1.94. The molecule has 1 aromatic rings. The van der Waals surface area contributed by atoms with E-state index >= 15 is 0 Å². The van der Waals surface area contributed by atoms with Crippen LogP contribution in [0.3, 0.4) is 0 Å². The molecule has 0 radical (unpaired) electrons. The molecule has 1 unspecified atom stereocenters. The molecule has 0 aliphatic rings. The molecule has 0 aliphatic heterocycles. The standard InChI is InChI=1S/C14H21N3O3/c1-9(10-6-5-7-15-8-10)16-13(20)17-11(12(18)19)14(2,3)4/h5-9,11H,1-4H3,(H,18,19)(H2,16,17,20)/t9?,11-/m0/s1. The second-order valence-corrected chi connectivity index (χ2v) is 5.76. The summed E-state index contributed by atoms with van der Waals surface area (Å²) in [4.78, 5) is 27.0. The molecule has 2 amide bonds. The van der Waals surface area contributed by atoms with E-state index in [1.54, 1.807) is 39.2 Å². The number of urea groups is 1. The summed E-state index contributed by atoms with van der Waals surface area (Å²) in [5.74, 6) is -1.05. The minimum absolute atomic E-state index is 0.252. The van der Waals surface area contributed by atoms with Crippen LogP contribution in [0.1, 0.15) is 39.3 Å². The summed E-state index contributed by atoms with van der Waals surface area (Å²) in [5.41, 5.74) is 0.283. The number of hydrogen-bond acceptors (Lipinski definition) is 3. The Bertz CT molecular complexity index is 468. The third-order valence-corrected chi connectivity index (χ3v) is 2.92. The van der Waals surface area contributed by atoms with Crippen molar-refractivity contribution in [2.24, 2.45) is 5.41 Å². The van der Waals surface area contributed by atoms with Crippen LogP contribution in [0.5, 0.6) is 0 Å². The van der Waals surface area contributed by atoms with Crippen molar-refractivity contribution >= 4 is 12.0 Å². The van der Waals surface area contributed by atoms with Crippen LogP contribution in [0.2, 0.25) is 0 Å². The number of carbonyl (C=O) groups excluding carboxylic acids is 1. The topological polar surface area (TPSA) is 91.3 Å². The number of nitrogens with one attached hydrogen (secondary N) is 2. The van der Waals surface area contributed by atoms with Gasteiger partial charge in [0.25, 0.3) is 0 Å². The number of carbonyl (C=O) groups is 2. The van der Waals surface area contributed by atoms with Crippen LogP contribution in [0, 0.1) is 5.41 Å². The van der Waals surface area contributed by atoms with Crippen molar-refractivity contribution in [3.8, 4) is 0 Å². The van der Waals surface area contributed by atoms with Crippen LogP contribution in [0.25, 0.3) is 0 Å². The van der Waals surface area contributed by atoms with Crippen LogP contribution in [0.15, 0.2) is 24.5 Å². The maximum atomic E-state index is 11.9. The molecule has 0 fully saturated rings. The number of nitrogens with zero attached hydrogens (tertiary/aromatic N) is 1. The van der Waals surface area contributed by atoms with Crippen molar-refractivity contribution in [3.63, 3.8) is 0 Å². The second-order valence-electron chi connectivity index (χ2n) is 5.76. The van der Waals surface area contributed by atoms with E-state index in [1.807, 2.05) is 13.0 Å². The number of pyridine rings is 1. The average Bonchev–Trinajstić information content (AvgIpc) is 2.35. The fourth-order valence-electron chi connectivity index (χ4n) is 1.73. The Kier molecular flexibility index (Phi) is 5.07. The predicted molar refractivity (Wildman–Crippen MR) is 75.2 cm³/mol. The molecule has 0 spiro atoms. The number of amides is 2. The van der Waals surface area contributed by atoms with E-state index < -0.39 is 23.5 Å². The lowest BCUT2D eigenvalue weighted by Gasteiger charge is -2.28. The molecule has 1 heterocycles. The van der Waals surface area contributed by atoms with Gasteiger partial charge in [-0.05, 0) is 24.0 Å². The summed E-state index contributed by atoms with van der Waals surface area (Å²) in [7, 11) is 0. The Morgan fingerprint density at radius 2 is 1.95 bits per heavy atom. The van der Waals surface area contributed by atoms with Crippen molar-refractivity contribution < 1.29 is 14.7 Å². The number of hydrogen-bond donors (Lipinski definition) is 3. The fourth-order valence-corrected chi connectivity index (χ4v) is 1.73. The lowest BCUT2D eigenvalue weighted by Crippen LogP contribution is -2.52. The first-order valence-corrected chi connectivity index (χ1v) is 6.41. The summed E-state index contributed by atoms with van der Waals surface area (Å²) in [6.45, 7) is 7.09. The van der Waals surface area contributed by atoms with E-state index in [1.165, 1.54) is 0 Å². The SMILES string of the molecule is CC(NC(=O)N[C@@H](C(=O)O)C(C)(C)C)c1cccnc1. The molecule has 3 N–H and O–H groups in total.